The standard InChI is InChI=1S/C11H15ClN2O2.ClH/c1-11(2,13)10(15)14-7-4-5-8(12)9(6-7)16-3;/h4-6H,13H2,1-3H3,(H,14,15);1H. The van der Waals surface area contributed by atoms with Crippen LogP contribution in [0.3, 0.4) is 0 Å². The molecule has 0 unspecified atom stereocenters. The van der Waals surface area contributed by atoms with Crippen LogP contribution < -0.4 is 15.8 Å². The van der Waals surface area contributed by atoms with E-state index in [0.29, 0.717) is 16.5 Å². The summed E-state index contributed by atoms with van der Waals surface area (Å²) in [6.45, 7) is 3.27. The molecule has 0 aromatic heterocycles. The van der Waals surface area contributed by atoms with Crippen molar-refractivity contribution < 1.29 is 9.53 Å². The average Bonchev–Trinajstić information content (AvgIpc) is 2.19. The third kappa shape index (κ3) is 4.42. The van der Waals surface area contributed by atoms with E-state index in [1.165, 1.54) is 7.11 Å². The van der Waals surface area contributed by atoms with Crippen LogP contribution in [0.1, 0.15) is 13.8 Å². The molecule has 0 atom stereocenters. The number of nitrogens with one attached hydrogen (secondary N) is 1. The van der Waals surface area contributed by atoms with E-state index >= 15 is 0 Å². The lowest BCUT2D eigenvalue weighted by molar-refractivity contribution is -0.120. The molecule has 0 saturated carbocycles. The van der Waals surface area contributed by atoms with Crippen LogP contribution >= 0.6 is 24.0 Å². The summed E-state index contributed by atoms with van der Waals surface area (Å²) in [6.07, 6.45) is 0. The van der Waals surface area contributed by atoms with Crippen molar-refractivity contribution in [3.05, 3.63) is 23.2 Å². The molecule has 96 valence electrons. The number of hydrogen-bond acceptors (Lipinski definition) is 3. The Morgan fingerprint density at radius 3 is 2.53 bits per heavy atom. The Morgan fingerprint density at radius 1 is 1.47 bits per heavy atom. The van der Waals surface area contributed by atoms with Gasteiger partial charge in [-0.15, -0.1) is 12.4 Å². The maximum atomic E-state index is 11.6. The summed E-state index contributed by atoms with van der Waals surface area (Å²) in [6, 6.07) is 4.99. The highest BCUT2D eigenvalue weighted by Crippen LogP contribution is 2.27. The number of benzene rings is 1. The molecule has 0 bridgehead atoms. The van der Waals surface area contributed by atoms with Gasteiger partial charge in [-0.2, -0.15) is 0 Å². The summed E-state index contributed by atoms with van der Waals surface area (Å²) in [5.41, 5.74) is 5.34. The first-order chi connectivity index (χ1) is 7.34. The molecule has 4 nitrogen and oxygen atoms in total. The predicted molar refractivity (Wildman–Crippen MR) is 72.1 cm³/mol. The van der Waals surface area contributed by atoms with Crippen molar-refractivity contribution in [1.82, 2.24) is 0 Å². The number of hydrogen-bond donors (Lipinski definition) is 2. The smallest absolute Gasteiger partial charge is 0.243 e. The van der Waals surface area contributed by atoms with Crippen molar-refractivity contribution in [1.29, 1.82) is 0 Å². The van der Waals surface area contributed by atoms with E-state index in [-0.39, 0.29) is 18.3 Å². The monoisotopic (exact) mass is 278 g/mol. The fraction of sp³-hybridized carbons (Fsp3) is 0.364. The van der Waals surface area contributed by atoms with E-state index in [9.17, 15) is 4.79 Å². The minimum absolute atomic E-state index is 0. The zero-order valence-corrected chi connectivity index (χ0v) is 11.5. The van der Waals surface area contributed by atoms with Gasteiger partial charge in [-0.05, 0) is 26.0 Å². The van der Waals surface area contributed by atoms with Crippen molar-refractivity contribution in [2.45, 2.75) is 19.4 Å². The van der Waals surface area contributed by atoms with Crippen molar-refractivity contribution in [2.24, 2.45) is 5.73 Å². The number of halogens is 2. The van der Waals surface area contributed by atoms with Crippen molar-refractivity contribution in [3.63, 3.8) is 0 Å². The van der Waals surface area contributed by atoms with Crippen LogP contribution in [0.15, 0.2) is 18.2 Å². The van der Waals surface area contributed by atoms with Gasteiger partial charge in [0, 0.05) is 11.8 Å². The molecule has 0 spiro atoms. The topological polar surface area (TPSA) is 64.3 Å². The predicted octanol–water partition coefficient (Wildman–Crippen LogP) is 2.45. The largest absolute Gasteiger partial charge is 0.495 e. The maximum absolute atomic E-state index is 11.6. The van der Waals surface area contributed by atoms with Crippen LogP contribution in [0.25, 0.3) is 0 Å². The molecule has 0 aliphatic heterocycles. The quantitative estimate of drug-likeness (QED) is 0.893. The Morgan fingerprint density at radius 2 is 2.06 bits per heavy atom. The van der Waals surface area contributed by atoms with E-state index in [0.717, 1.165) is 0 Å². The molecule has 1 rings (SSSR count). The van der Waals surface area contributed by atoms with Crippen LogP contribution in [0.4, 0.5) is 5.69 Å². The minimum atomic E-state index is -0.924. The summed E-state index contributed by atoms with van der Waals surface area (Å²) in [7, 11) is 1.51. The molecule has 0 fully saturated rings. The first-order valence-electron chi connectivity index (χ1n) is 4.78. The Kier molecular flexibility index (Phi) is 5.75. The Balaban J connectivity index is 0.00000256. The third-order valence-electron chi connectivity index (χ3n) is 1.99. The van der Waals surface area contributed by atoms with E-state index in [1.807, 2.05) is 0 Å². The minimum Gasteiger partial charge on any atom is -0.495 e. The Labute approximate surface area is 112 Å². The number of amides is 1. The highest BCUT2D eigenvalue weighted by molar-refractivity contribution is 6.32. The number of carbonyl (C=O) groups is 1. The number of rotatable bonds is 3. The molecule has 0 aliphatic rings. The van der Waals surface area contributed by atoms with E-state index in [1.54, 1.807) is 32.0 Å². The van der Waals surface area contributed by atoms with Crippen LogP contribution in [0.5, 0.6) is 5.75 Å². The van der Waals surface area contributed by atoms with E-state index < -0.39 is 5.54 Å². The second-order valence-corrected chi connectivity index (χ2v) is 4.43. The number of nitrogens with two attached hydrogens (primary N) is 1. The molecule has 0 heterocycles. The van der Waals surface area contributed by atoms with Gasteiger partial charge in [-0.1, -0.05) is 11.6 Å². The van der Waals surface area contributed by atoms with Crippen molar-refractivity contribution in [3.8, 4) is 5.75 Å². The molecule has 17 heavy (non-hydrogen) atoms. The van der Waals surface area contributed by atoms with Gasteiger partial charge in [0.15, 0.2) is 0 Å². The second-order valence-electron chi connectivity index (χ2n) is 4.03. The van der Waals surface area contributed by atoms with E-state index in [4.69, 9.17) is 22.1 Å². The Bertz CT molecular complexity index is 403. The highest BCUT2D eigenvalue weighted by atomic mass is 35.5. The zero-order valence-electron chi connectivity index (χ0n) is 9.91. The lowest BCUT2D eigenvalue weighted by atomic mass is 10.1. The van der Waals surface area contributed by atoms with Gasteiger partial charge >= 0.3 is 0 Å². The SMILES string of the molecule is COc1cc(NC(=O)C(C)(C)N)ccc1Cl.Cl. The molecule has 1 aromatic carbocycles. The molecular formula is C11H16Cl2N2O2. The molecule has 6 heteroatoms. The van der Waals surface area contributed by atoms with Gasteiger partial charge in [-0.25, -0.2) is 0 Å². The Hall–Kier alpha value is -0.970. The summed E-state index contributed by atoms with van der Waals surface area (Å²) in [5.74, 6) is 0.242. The molecule has 1 aromatic rings. The van der Waals surface area contributed by atoms with Gasteiger partial charge in [-0.3, -0.25) is 4.79 Å². The first kappa shape index (κ1) is 16.0. The number of ether oxygens (including phenoxy) is 1. The van der Waals surface area contributed by atoms with Crippen LogP contribution in [-0.2, 0) is 4.79 Å². The fourth-order valence-corrected chi connectivity index (χ4v) is 1.22. The average molecular weight is 279 g/mol. The summed E-state index contributed by atoms with van der Waals surface area (Å²) in [4.78, 5) is 11.6. The molecule has 0 radical (unpaired) electrons. The van der Waals surface area contributed by atoms with Gasteiger partial charge in [0.25, 0.3) is 0 Å². The van der Waals surface area contributed by atoms with Crippen LogP contribution in [-0.4, -0.2) is 18.6 Å². The van der Waals surface area contributed by atoms with Gasteiger partial charge in [0.1, 0.15) is 5.75 Å². The highest BCUT2D eigenvalue weighted by Gasteiger charge is 2.21. The second kappa shape index (κ2) is 6.10. The molecule has 0 aliphatic carbocycles. The zero-order chi connectivity index (χ0) is 12.3. The summed E-state index contributed by atoms with van der Waals surface area (Å²) < 4.78 is 5.04. The normalized spacial score (nSPS) is 10.4. The van der Waals surface area contributed by atoms with Gasteiger partial charge in [0.2, 0.25) is 5.91 Å². The molecular weight excluding hydrogens is 263 g/mol. The van der Waals surface area contributed by atoms with Crippen LogP contribution in [0.2, 0.25) is 5.02 Å². The van der Waals surface area contributed by atoms with E-state index in [2.05, 4.69) is 5.32 Å². The summed E-state index contributed by atoms with van der Waals surface area (Å²) in [5, 5.41) is 3.17. The molecule has 0 saturated heterocycles. The third-order valence-corrected chi connectivity index (χ3v) is 2.31. The summed E-state index contributed by atoms with van der Waals surface area (Å²) >= 11 is 5.86. The fourth-order valence-electron chi connectivity index (χ4n) is 1.03. The van der Waals surface area contributed by atoms with Crippen molar-refractivity contribution in [2.75, 3.05) is 12.4 Å². The lowest BCUT2D eigenvalue weighted by Crippen LogP contribution is -2.45. The number of carbonyl (C=O) groups excluding carboxylic acids is 1. The van der Waals surface area contributed by atoms with Crippen molar-refractivity contribution >= 4 is 35.6 Å². The van der Waals surface area contributed by atoms with Gasteiger partial charge < -0.3 is 15.8 Å². The number of anilines is 1. The molecule has 3 N–H and O–H groups in total. The van der Waals surface area contributed by atoms with Crippen LogP contribution in [0, 0.1) is 0 Å². The lowest BCUT2D eigenvalue weighted by Gasteiger charge is -2.18. The molecule has 1 amide bonds. The maximum Gasteiger partial charge on any atom is 0.243 e. The number of methoxy groups -OCH3 is 1. The van der Waals surface area contributed by atoms with Gasteiger partial charge in [0.05, 0.1) is 17.7 Å². The first-order valence-corrected chi connectivity index (χ1v) is 5.16.